The number of hydrogen-bond donors (Lipinski definition) is 2. The van der Waals surface area contributed by atoms with Crippen LogP contribution in [0.4, 0.5) is 0 Å². The van der Waals surface area contributed by atoms with E-state index in [1.54, 1.807) is 0 Å². The van der Waals surface area contributed by atoms with Crippen LogP contribution in [0.15, 0.2) is 66.7 Å². The van der Waals surface area contributed by atoms with Crippen molar-refractivity contribution < 1.29 is 14.6 Å². The van der Waals surface area contributed by atoms with Crippen molar-refractivity contribution in [2.45, 2.75) is 30.7 Å². The molecule has 2 aliphatic carbocycles. The van der Waals surface area contributed by atoms with Gasteiger partial charge in [0.1, 0.15) is 6.29 Å². The molecule has 5 rings (SSSR count). The van der Waals surface area contributed by atoms with Gasteiger partial charge in [-0.1, -0.05) is 72.3 Å². The molecule has 2 N–H and O–H groups in total. The minimum absolute atomic E-state index is 0.0382. The second-order valence-corrected chi connectivity index (χ2v) is 8.47. The first-order chi connectivity index (χ1) is 14.6. The number of carbonyl (C=O) groups excluding carboxylic acids is 1. The number of nitrogens with one attached hydrogen (secondary N) is 1. The minimum Gasteiger partial charge on any atom is -0.356 e. The van der Waals surface area contributed by atoms with Crippen molar-refractivity contribution in [3.8, 4) is 11.1 Å². The van der Waals surface area contributed by atoms with Crippen molar-refractivity contribution in [1.82, 2.24) is 5.32 Å². The molecule has 0 aliphatic heterocycles. The van der Waals surface area contributed by atoms with Crippen LogP contribution in [0.3, 0.4) is 0 Å². The van der Waals surface area contributed by atoms with Gasteiger partial charge in [0.15, 0.2) is 0 Å². The molecular formula is C25H22ClNO3. The predicted molar refractivity (Wildman–Crippen MR) is 116 cm³/mol. The average Bonchev–Trinajstić information content (AvgIpc) is 3.29. The van der Waals surface area contributed by atoms with E-state index >= 15 is 0 Å². The Morgan fingerprint density at radius 2 is 1.70 bits per heavy atom. The minimum atomic E-state index is -1.26. The number of aliphatic hydroxyl groups is 1. The van der Waals surface area contributed by atoms with Gasteiger partial charge in [-0.15, -0.1) is 0 Å². The number of halogens is 1. The van der Waals surface area contributed by atoms with Crippen molar-refractivity contribution >= 4 is 17.9 Å². The SMILES string of the molecule is O=CC1(NC(O)OCC2c3ccccc3-c3ccccc32)Cc2cccc(Cl)c2C1. The summed E-state index contributed by atoms with van der Waals surface area (Å²) in [5, 5.41) is 14.2. The zero-order chi connectivity index (χ0) is 20.7. The van der Waals surface area contributed by atoms with Crippen LogP contribution in [0.1, 0.15) is 28.2 Å². The number of ether oxygens (including phenoxy) is 1. The van der Waals surface area contributed by atoms with Gasteiger partial charge in [-0.25, -0.2) is 0 Å². The monoisotopic (exact) mass is 419 g/mol. The maximum Gasteiger partial charge on any atom is 0.214 e. The van der Waals surface area contributed by atoms with Gasteiger partial charge in [-0.2, -0.15) is 0 Å². The summed E-state index contributed by atoms with van der Waals surface area (Å²) in [4.78, 5) is 12.0. The summed E-state index contributed by atoms with van der Waals surface area (Å²) in [5.41, 5.74) is 5.84. The Bertz CT molecular complexity index is 1070. The van der Waals surface area contributed by atoms with Crippen LogP contribution in [-0.4, -0.2) is 30.0 Å². The topological polar surface area (TPSA) is 58.6 Å². The molecule has 2 atom stereocenters. The lowest BCUT2D eigenvalue weighted by atomic mass is 9.97. The van der Waals surface area contributed by atoms with E-state index in [-0.39, 0.29) is 5.92 Å². The zero-order valence-electron chi connectivity index (χ0n) is 16.3. The van der Waals surface area contributed by atoms with Crippen LogP contribution < -0.4 is 5.32 Å². The molecule has 0 amide bonds. The Labute approximate surface area is 180 Å². The summed E-state index contributed by atoms with van der Waals surface area (Å²) >= 11 is 6.30. The summed E-state index contributed by atoms with van der Waals surface area (Å²) in [5.74, 6) is 0.0382. The summed E-state index contributed by atoms with van der Waals surface area (Å²) in [6.07, 6.45) is 0.502. The number of hydrogen-bond acceptors (Lipinski definition) is 4. The summed E-state index contributed by atoms with van der Waals surface area (Å²) in [6.45, 7) is 0.310. The van der Waals surface area contributed by atoms with E-state index in [4.69, 9.17) is 16.3 Å². The van der Waals surface area contributed by atoms with Crippen LogP contribution in [0.25, 0.3) is 11.1 Å². The number of aliphatic hydroxyl groups excluding tert-OH is 1. The quantitative estimate of drug-likeness (QED) is 0.467. The molecule has 0 bridgehead atoms. The number of aldehydes is 1. The first kappa shape index (κ1) is 19.5. The zero-order valence-corrected chi connectivity index (χ0v) is 17.1. The molecular weight excluding hydrogens is 398 g/mol. The number of benzene rings is 3. The maximum atomic E-state index is 12.0. The van der Waals surface area contributed by atoms with Gasteiger partial charge in [0.25, 0.3) is 0 Å². The van der Waals surface area contributed by atoms with E-state index < -0.39 is 12.0 Å². The first-order valence-corrected chi connectivity index (χ1v) is 10.5. The Morgan fingerprint density at radius 1 is 1.03 bits per heavy atom. The van der Waals surface area contributed by atoms with E-state index in [1.165, 1.54) is 22.3 Å². The van der Waals surface area contributed by atoms with Gasteiger partial charge in [-0.05, 0) is 52.3 Å². The highest BCUT2D eigenvalue weighted by molar-refractivity contribution is 6.31. The lowest BCUT2D eigenvalue weighted by Gasteiger charge is -2.28. The normalized spacial score (nSPS) is 20.5. The predicted octanol–water partition coefficient (Wildman–Crippen LogP) is 4.07. The third-order valence-electron chi connectivity index (χ3n) is 6.23. The molecule has 0 heterocycles. The number of rotatable bonds is 6. The second-order valence-electron chi connectivity index (χ2n) is 8.06. The first-order valence-electron chi connectivity index (χ1n) is 10.1. The Morgan fingerprint density at radius 3 is 2.33 bits per heavy atom. The van der Waals surface area contributed by atoms with E-state index in [0.717, 1.165) is 17.4 Å². The summed E-state index contributed by atoms with van der Waals surface area (Å²) in [7, 11) is 0. The fraction of sp³-hybridized carbons (Fsp3) is 0.240. The third kappa shape index (κ3) is 3.26. The van der Waals surface area contributed by atoms with E-state index in [2.05, 4.69) is 29.6 Å². The van der Waals surface area contributed by atoms with Gasteiger partial charge >= 0.3 is 0 Å². The van der Waals surface area contributed by atoms with Crippen LogP contribution in [0.2, 0.25) is 5.02 Å². The van der Waals surface area contributed by atoms with Gasteiger partial charge in [0, 0.05) is 10.9 Å². The molecule has 0 saturated heterocycles. The Balaban J connectivity index is 1.31. The Kier molecular flexibility index (Phi) is 4.95. The molecule has 0 fully saturated rings. The van der Waals surface area contributed by atoms with Crippen molar-refractivity contribution in [2.75, 3.05) is 6.61 Å². The van der Waals surface area contributed by atoms with Gasteiger partial charge in [-0.3, -0.25) is 5.32 Å². The summed E-state index contributed by atoms with van der Waals surface area (Å²) < 4.78 is 5.81. The van der Waals surface area contributed by atoms with Crippen LogP contribution in [-0.2, 0) is 22.4 Å². The molecule has 0 saturated carbocycles. The van der Waals surface area contributed by atoms with E-state index in [9.17, 15) is 9.90 Å². The van der Waals surface area contributed by atoms with Gasteiger partial charge in [0.05, 0.1) is 12.1 Å². The maximum absolute atomic E-state index is 12.0. The largest absolute Gasteiger partial charge is 0.356 e. The molecule has 2 aliphatic rings. The van der Waals surface area contributed by atoms with Crippen molar-refractivity contribution in [1.29, 1.82) is 0 Å². The molecule has 0 aromatic heterocycles. The fourth-order valence-corrected chi connectivity index (χ4v) is 5.08. The van der Waals surface area contributed by atoms with Gasteiger partial charge in [0.2, 0.25) is 6.41 Å². The van der Waals surface area contributed by atoms with Crippen molar-refractivity contribution in [2.24, 2.45) is 0 Å². The highest BCUT2D eigenvalue weighted by Crippen LogP contribution is 2.44. The molecule has 30 heavy (non-hydrogen) atoms. The molecule has 152 valence electrons. The molecule has 3 aromatic rings. The average molecular weight is 420 g/mol. The lowest BCUT2D eigenvalue weighted by molar-refractivity contribution is -0.143. The molecule has 4 nitrogen and oxygen atoms in total. The van der Waals surface area contributed by atoms with Crippen molar-refractivity contribution in [3.05, 3.63) is 94.0 Å². The molecule has 0 radical (unpaired) electrons. The molecule has 2 unspecified atom stereocenters. The number of fused-ring (bicyclic) bond motifs is 4. The van der Waals surface area contributed by atoms with Gasteiger partial charge < -0.3 is 14.6 Å². The fourth-order valence-electron chi connectivity index (χ4n) is 4.82. The number of carbonyl (C=O) groups is 1. The molecule has 0 spiro atoms. The van der Waals surface area contributed by atoms with E-state index in [1.807, 2.05) is 42.5 Å². The lowest BCUT2D eigenvalue weighted by Crippen LogP contribution is -2.53. The Hall–Kier alpha value is -2.50. The summed E-state index contributed by atoms with van der Waals surface area (Å²) in [6, 6.07) is 22.2. The highest BCUT2D eigenvalue weighted by atomic mass is 35.5. The van der Waals surface area contributed by atoms with Crippen molar-refractivity contribution in [3.63, 3.8) is 0 Å². The van der Waals surface area contributed by atoms with Crippen LogP contribution in [0, 0.1) is 0 Å². The van der Waals surface area contributed by atoms with Crippen LogP contribution >= 0.6 is 11.6 Å². The van der Waals surface area contributed by atoms with E-state index in [0.29, 0.717) is 24.5 Å². The highest BCUT2D eigenvalue weighted by Gasteiger charge is 2.40. The third-order valence-corrected chi connectivity index (χ3v) is 6.59. The van der Waals surface area contributed by atoms with Crippen LogP contribution in [0.5, 0.6) is 0 Å². The molecule has 5 heteroatoms. The standard InChI is InChI=1S/C25H22ClNO3/c26-23-11-5-6-16-12-25(15-28,13-21(16)23)27-24(29)30-14-22-19-9-3-1-7-17(19)18-8-2-4-10-20(18)22/h1-11,15,22,24,27,29H,12-14H2. The smallest absolute Gasteiger partial charge is 0.214 e. The molecule has 3 aromatic carbocycles. The second kappa shape index (κ2) is 7.64.